The maximum absolute atomic E-state index is 12.2. The van der Waals surface area contributed by atoms with Crippen LogP contribution in [0, 0.1) is 5.92 Å². The number of nitrogens with zero attached hydrogens (tertiary/aromatic N) is 2. The van der Waals surface area contributed by atoms with Crippen molar-refractivity contribution in [2.75, 3.05) is 25.6 Å². The van der Waals surface area contributed by atoms with Crippen LogP contribution in [0.3, 0.4) is 0 Å². The minimum atomic E-state index is -0.244. The van der Waals surface area contributed by atoms with E-state index in [9.17, 15) is 4.79 Å². The van der Waals surface area contributed by atoms with Gasteiger partial charge in [0, 0.05) is 36.2 Å². The van der Waals surface area contributed by atoms with E-state index in [-0.39, 0.29) is 11.9 Å². The Hall–Kier alpha value is -1.73. The van der Waals surface area contributed by atoms with Gasteiger partial charge in [0.15, 0.2) is 5.69 Å². The molecule has 1 fully saturated rings. The van der Waals surface area contributed by atoms with Gasteiger partial charge in [0.1, 0.15) is 0 Å². The average Bonchev–Trinajstić information content (AvgIpc) is 2.62. The second-order valence-electron chi connectivity index (χ2n) is 6.05. The monoisotopic (exact) mass is 392 g/mol. The SMILES string of the molecule is CNC(=O)c1nnc2ccc(Br)cc2c1N[C@H](C)C1CCOCC1. The maximum Gasteiger partial charge on any atom is 0.273 e. The van der Waals surface area contributed by atoms with Crippen LogP contribution >= 0.6 is 15.9 Å². The standard InChI is InChI=1S/C17H21BrN4O2/c1-10(11-5-7-24-8-6-11)20-15-13-9-12(18)3-4-14(13)21-22-16(15)17(23)19-2/h3-4,9-11H,5-8H2,1-2H3,(H,19,23)(H,20,21)/t10-/m1/s1. The van der Waals surface area contributed by atoms with Gasteiger partial charge in [0.05, 0.1) is 11.2 Å². The molecule has 0 saturated carbocycles. The van der Waals surface area contributed by atoms with Gasteiger partial charge in [-0.15, -0.1) is 10.2 Å². The third-order valence-electron chi connectivity index (χ3n) is 4.51. The van der Waals surface area contributed by atoms with Crippen LogP contribution in [0.4, 0.5) is 5.69 Å². The summed E-state index contributed by atoms with van der Waals surface area (Å²) in [7, 11) is 1.60. The first-order chi connectivity index (χ1) is 11.6. The zero-order chi connectivity index (χ0) is 17.1. The summed E-state index contributed by atoms with van der Waals surface area (Å²) in [4.78, 5) is 12.2. The lowest BCUT2D eigenvalue weighted by Crippen LogP contribution is -2.32. The summed E-state index contributed by atoms with van der Waals surface area (Å²) >= 11 is 3.50. The predicted octanol–water partition coefficient (Wildman–Crippen LogP) is 2.98. The normalized spacial score (nSPS) is 16.8. The number of aromatic nitrogens is 2. The summed E-state index contributed by atoms with van der Waals surface area (Å²) in [6.45, 7) is 3.73. The van der Waals surface area contributed by atoms with Gasteiger partial charge >= 0.3 is 0 Å². The lowest BCUT2D eigenvalue weighted by molar-refractivity contribution is 0.0622. The minimum absolute atomic E-state index is 0.212. The Labute approximate surface area is 149 Å². The van der Waals surface area contributed by atoms with E-state index in [2.05, 4.69) is 43.7 Å². The Balaban J connectivity index is 2.01. The fraction of sp³-hybridized carbons (Fsp3) is 0.471. The molecule has 0 aliphatic carbocycles. The number of benzene rings is 1. The molecule has 2 heterocycles. The van der Waals surface area contributed by atoms with Crippen molar-refractivity contribution in [2.24, 2.45) is 5.92 Å². The van der Waals surface area contributed by atoms with Crippen LogP contribution in [0.1, 0.15) is 30.3 Å². The molecule has 0 unspecified atom stereocenters. The maximum atomic E-state index is 12.2. The molecule has 1 aromatic carbocycles. The Bertz CT molecular complexity index is 747. The summed E-state index contributed by atoms with van der Waals surface area (Å²) in [6, 6.07) is 5.99. The van der Waals surface area contributed by atoms with E-state index < -0.39 is 0 Å². The average molecular weight is 393 g/mol. The van der Waals surface area contributed by atoms with Gasteiger partial charge in [0.25, 0.3) is 5.91 Å². The van der Waals surface area contributed by atoms with Crippen molar-refractivity contribution in [3.8, 4) is 0 Å². The van der Waals surface area contributed by atoms with Crippen LogP contribution in [0.5, 0.6) is 0 Å². The molecule has 24 heavy (non-hydrogen) atoms. The molecule has 7 heteroatoms. The molecule has 3 rings (SSSR count). The summed E-state index contributed by atoms with van der Waals surface area (Å²) < 4.78 is 6.38. The van der Waals surface area contributed by atoms with E-state index in [4.69, 9.17) is 4.74 Å². The molecule has 128 valence electrons. The highest BCUT2D eigenvalue weighted by Crippen LogP contribution is 2.30. The topological polar surface area (TPSA) is 76.1 Å². The van der Waals surface area contributed by atoms with Crippen molar-refractivity contribution in [2.45, 2.75) is 25.8 Å². The van der Waals surface area contributed by atoms with Gasteiger partial charge < -0.3 is 15.4 Å². The zero-order valence-electron chi connectivity index (χ0n) is 13.8. The summed E-state index contributed by atoms with van der Waals surface area (Å²) in [5.41, 5.74) is 1.81. The Morgan fingerprint density at radius 2 is 2.08 bits per heavy atom. The number of nitrogens with one attached hydrogen (secondary N) is 2. The Morgan fingerprint density at radius 1 is 1.33 bits per heavy atom. The van der Waals surface area contributed by atoms with Crippen molar-refractivity contribution in [1.29, 1.82) is 0 Å². The van der Waals surface area contributed by atoms with Crippen LogP contribution < -0.4 is 10.6 Å². The van der Waals surface area contributed by atoms with Crippen LogP contribution in [0.15, 0.2) is 22.7 Å². The highest BCUT2D eigenvalue weighted by molar-refractivity contribution is 9.10. The second-order valence-corrected chi connectivity index (χ2v) is 6.96. The Kier molecular flexibility index (Phi) is 5.30. The molecule has 1 saturated heterocycles. The first-order valence-corrected chi connectivity index (χ1v) is 8.91. The number of amides is 1. The molecule has 0 radical (unpaired) electrons. The van der Waals surface area contributed by atoms with Crippen LogP contribution in [0.2, 0.25) is 0 Å². The quantitative estimate of drug-likeness (QED) is 0.836. The minimum Gasteiger partial charge on any atom is -0.381 e. The van der Waals surface area contributed by atoms with E-state index >= 15 is 0 Å². The van der Waals surface area contributed by atoms with Crippen molar-refractivity contribution < 1.29 is 9.53 Å². The van der Waals surface area contributed by atoms with E-state index in [1.54, 1.807) is 7.05 Å². The number of fused-ring (bicyclic) bond motifs is 1. The number of anilines is 1. The molecular weight excluding hydrogens is 372 g/mol. The van der Waals surface area contributed by atoms with Crippen LogP contribution in [-0.2, 0) is 4.74 Å². The predicted molar refractivity (Wildman–Crippen MR) is 97.3 cm³/mol. The largest absolute Gasteiger partial charge is 0.381 e. The molecule has 0 bridgehead atoms. The summed E-state index contributed by atoms with van der Waals surface area (Å²) in [5.74, 6) is 0.262. The molecule has 6 nitrogen and oxygen atoms in total. The van der Waals surface area contributed by atoms with E-state index in [1.807, 2.05) is 18.2 Å². The molecular formula is C17H21BrN4O2. The van der Waals surface area contributed by atoms with Gasteiger partial charge in [-0.3, -0.25) is 4.79 Å². The molecule has 0 spiro atoms. The van der Waals surface area contributed by atoms with Crippen LogP contribution in [0.25, 0.3) is 10.9 Å². The number of carbonyl (C=O) groups is 1. The number of rotatable bonds is 4. The number of carbonyl (C=O) groups excluding carboxylic acids is 1. The smallest absolute Gasteiger partial charge is 0.273 e. The zero-order valence-corrected chi connectivity index (χ0v) is 15.4. The highest BCUT2D eigenvalue weighted by Gasteiger charge is 2.24. The molecule has 1 aromatic heterocycles. The summed E-state index contributed by atoms with van der Waals surface area (Å²) in [6.07, 6.45) is 2.03. The third kappa shape index (κ3) is 3.52. The Morgan fingerprint density at radius 3 is 2.79 bits per heavy atom. The molecule has 1 aliphatic rings. The van der Waals surface area contributed by atoms with Crippen molar-refractivity contribution in [3.05, 3.63) is 28.4 Å². The number of halogens is 1. The fourth-order valence-corrected chi connectivity index (χ4v) is 3.42. The van der Waals surface area contributed by atoms with Gasteiger partial charge in [-0.25, -0.2) is 0 Å². The number of hydrogen-bond acceptors (Lipinski definition) is 5. The van der Waals surface area contributed by atoms with E-state index in [1.165, 1.54) is 0 Å². The van der Waals surface area contributed by atoms with Crippen molar-refractivity contribution in [3.63, 3.8) is 0 Å². The first kappa shape index (κ1) is 17.1. The third-order valence-corrected chi connectivity index (χ3v) is 5.00. The first-order valence-electron chi connectivity index (χ1n) is 8.12. The lowest BCUT2D eigenvalue weighted by atomic mass is 9.92. The number of hydrogen-bond donors (Lipinski definition) is 2. The van der Waals surface area contributed by atoms with Crippen molar-refractivity contribution in [1.82, 2.24) is 15.5 Å². The second kappa shape index (κ2) is 7.44. The summed E-state index contributed by atoms with van der Waals surface area (Å²) in [5, 5.41) is 15.4. The van der Waals surface area contributed by atoms with Gasteiger partial charge in [0.2, 0.25) is 0 Å². The van der Waals surface area contributed by atoms with E-state index in [0.717, 1.165) is 47.1 Å². The van der Waals surface area contributed by atoms with Gasteiger partial charge in [-0.2, -0.15) is 0 Å². The highest BCUT2D eigenvalue weighted by atomic mass is 79.9. The molecule has 1 atom stereocenters. The van der Waals surface area contributed by atoms with E-state index in [0.29, 0.717) is 11.6 Å². The fourth-order valence-electron chi connectivity index (χ4n) is 3.06. The molecule has 1 aliphatic heterocycles. The molecule has 2 N–H and O–H groups in total. The lowest BCUT2D eigenvalue weighted by Gasteiger charge is -2.29. The van der Waals surface area contributed by atoms with Crippen LogP contribution in [-0.4, -0.2) is 42.4 Å². The molecule has 2 aromatic rings. The number of ether oxygens (including phenoxy) is 1. The van der Waals surface area contributed by atoms with Gasteiger partial charge in [-0.1, -0.05) is 15.9 Å². The van der Waals surface area contributed by atoms with Gasteiger partial charge in [-0.05, 0) is 43.9 Å². The molecule has 1 amide bonds. The van der Waals surface area contributed by atoms with Crippen molar-refractivity contribution >= 4 is 38.4 Å².